The van der Waals surface area contributed by atoms with Gasteiger partial charge in [-0.15, -0.1) is 11.1 Å². The molecule has 6 heteroatoms. The van der Waals surface area contributed by atoms with Gasteiger partial charge in [-0.05, 0) is 59.7 Å². The third-order valence-electron chi connectivity index (χ3n) is 8.00. The summed E-state index contributed by atoms with van der Waals surface area (Å²) in [5, 5.41) is 0. The van der Waals surface area contributed by atoms with Crippen molar-refractivity contribution in [2.75, 3.05) is 0 Å². The first kappa shape index (κ1) is 31.2. The number of rotatable bonds is 2. The van der Waals surface area contributed by atoms with Gasteiger partial charge in [0, 0.05) is 22.2 Å². The molecule has 0 saturated carbocycles. The average Bonchev–Trinajstić information content (AvgIpc) is 3.88. The Kier molecular flexibility index (Phi) is 8.01. The first-order chi connectivity index (χ1) is 23.0. The van der Waals surface area contributed by atoms with E-state index in [2.05, 4.69) is 169 Å². The Labute approximate surface area is 284 Å². The Morgan fingerprint density at radius 3 is 1.23 bits per heavy atom. The molecule has 5 heterocycles. The van der Waals surface area contributed by atoms with Crippen molar-refractivity contribution in [2.24, 2.45) is 0 Å². The quantitative estimate of drug-likeness (QED) is 0.144. The van der Waals surface area contributed by atoms with Crippen LogP contribution in [0.4, 0.5) is 0 Å². The van der Waals surface area contributed by atoms with Gasteiger partial charge in [0.2, 0.25) is 0 Å². The predicted octanol–water partition coefficient (Wildman–Crippen LogP) is 10.4. The van der Waals surface area contributed by atoms with E-state index in [4.69, 9.17) is 9.97 Å². The van der Waals surface area contributed by atoms with Crippen molar-refractivity contribution in [1.29, 1.82) is 0 Å². The topological polar surface area (TPSA) is 57.4 Å². The Bertz CT molecular complexity index is 2270. The van der Waals surface area contributed by atoms with Crippen LogP contribution in [0.3, 0.4) is 0 Å². The second kappa shape index (κ2) is 12.3. The highest BCUT2D eigenvalue weighted by molar-refractivity contribution is 6.84. The van der Waals surface area contributed by atoms with E-state index in [9.17, 15) is 0 Å². The fraction of sp³-hybridized carbons (Fsp3) is 0.143. The zero-order valence-electron chi connectivity index (χ0n) is 28.3. The number of nitrogens with one attached hydrogen (secondary N) is 2. The van der Waals surface area contributed by atoms with Crippen LogP contribution in [-0.2, 0) is 0 Å². The average molecular weight is 655 g/mol. The zero-order chi connectivity index (χ0) is 33.5. The number of aromatic nitrogens is 4. The fourth-order valence-corrected chi connectivity index (χ4v) is 6.79. The molecule has 8 bridgehead atoms. The molecule has 0 radical (unpaired) electrons. The van der Waals surface area contributed by atoms with Crippen molar-refractivity contribution in [1.82, 2.24) is 19.9 Å². The molecule has 2 aromatic carbocycles. The van der Waals surface area contributed by atoms with Gasteiger partial charge in [0.15, 0.2) is 0 Å². The highest BCUT2D eigenvalue weighted by Gasteiger charge is 2.18. The summed E-state index contributed by atoms with van der Waals surface area (Å²) in [5.41, 5.74) is 20.5. The van der Waals surface area contributed by atoms with Crippen LogP contribution < -0.4 is 0 Å². The molecule has 0 unspecified atom stereocenters. The van der Waals surface area contributed by atoms with E-state index in [0.717, 1.165) is 78.2 Å². The maximum atomic E-state index is 5.26. The highest BCUT2D eigenvalue weighted by atomic mass is 28.3. The molecular formula is C42H38N4Si2. The van der Waals surface area contributed by atoms with Crippen molar-refractivity contribution in [3.05, 3.63) is 119 Å². The van der Waals surface area contributed by atoms with Gasteiger partial charge in [-0.2, -0.15) is 0 Å². The van der Waals surface area contributed by atoms with Crippen molar-refractivity contribution in [2.45, 2.75) is 39.3 Å². The fourth-order valence-electron chi connectivity index (χ4n) is 5.79. The van der Waals surface area contributed by atoms with Crippen molar-refractivity contribution >= 4 is 62.5 Å². The minimum atomic E-state index is -1.70. The normalized spacial score (nSPS) is 12.3. The molecule has 4 nitrogen and oxygen atoms in total. The van der Waals surface area contributed by atoms with Crippen molar-refractivity contribution < 1.29 is 0 Å². The Balaban J connectivity index is 1.68. The third-order valence-corrected chi connectivity index (χ3v) is 9.75. The summed E-state index contributed by atoms with van der Waals surface area (Å²) in [4.78, 5) is 18.0. The van der Waals surface area contributed by atoms with Crippen LogP contribution in [0.5, 0.6) is 0 Å². The van der Waals surface area contributed by atoms with Crippen LogP contribution in [0.2, 0.25) is 39.3 Å². The van der Waals surface area contributed by atoms with Crippen LogP contribution in [0.25, 0.3) is 68.6 Å². The van der Waals surface area contributed by atoms with E-state index >= 15 is 0 Å². The first-order valence-electron chi connectivity index (χ1n) is 16.4. The Morgan fingerprint density at radius 2 is 0.812 bits per heavy atom. The molecule has 0 spiro atoms. The number of nitrogens with zero attached hydrogens (tertiary/aromatic N) is 2. The molecule has 0 aliphatic carbocycles. The SMILES string of the molecule is C[Si](C)(C)C#Cc1c2nc(c(-c3ccccc3)c3ccc([nH]3)c(C#C[Si](C)(C)C)c3ccc([nH]3)c(-c3ccccc3)c3nc1C=C3)C=C2. The van der Waals surface area contributed by atoms with Gasteiger partial charge in [0.1, 0.15) is 16.1 Å². The summed E-state index contributed by atoms with van der Waals surface area (Å²) >= 11 is 0. The summed E-state index contributed by atoms with van der Waals surface area (Å²) in [6.45, 7) is 13.6. The molecule has 5 aromatic rings. The number of H-pyrrole nitrogens is 2. The van der Waals surface area contributed by atoms with E-state index in [1.807, 2.05) is 12.1 Å². The van der Waals surface area contributed by atoms with Gasteiger partial charge in [-0.1, -0.05) is 112 Å². The lowest BCUT2D eigenvalue weighted by atomic mass is 10.0. The zero-order valence-corrected chi connectivity index (χ0v) is 30.3. The van der Waals surface area contributed by atoms with Gasteiger partial charge in [0.05, 0.1) is 44.9 Å². The van der Waals surface area contributed by atoms with Crippen molar-refractivity contribution in [3.63, 3.8) is 0 Å². The molecule has 0 amide bonds. The Morgan fingerprint density at radius 1 is 0.438 bits per heavy atom. The Hall–Kier alpha value is -5.41. The van der Waals surface area contributed by atoms with Gasteiger partial charge in [-0.3, -0.25) is 0 Å². The lowest BCUT2D eigenvalue weighted by Gasteiger charge is -2.05. The molecular weight excluding hydrogens is 617 g/mol. The molecule has 2 aliphatic rings. The van der Waals surface area contributed by atoms with E-state index in [-0.39, 0.29) is 0 Å². The van der Waals surface area contributed by atoms with Crippen molar-refractivity contribution in [3.8, 4) is 45.2 Å². The molecule has 7 rings (SSSR count). The molecule has 2 N–H and O–H groups in total. The predicted molar refractivity (Wildman–Crippen MR) is 210 cm³/mol. The largest absolute Gasteiger partial charge is 0.354 e. The lowest BCUT2D eigenvalue weighted by Crippen LogP contribution is -2.16. The van der Waals surface area contributed by atoms with Gasteiger partial charge in [-0.25, -0.2) is 9.97 Å². The van der Waals surface area contributed by atoms with Gasteiger partial charge >= 0.3 is 0 Å². The van der Waals surface area contributed by atoms with Crippen LogP contribution in [0.15, 0.2) is 84.9 Å². The number of benzene rings is 2. The maximum Gasteiger partial charge on any atom is 0.129 e. The minimum Gasteiger partial charge on any atom is -0.354 e. The molecule has 0 atom stereocenters. The number of hydrogen-bond acceptors (Lipinski definition) is 2. The molecule has 3 aromatic heterocycles. The monoisotopic (exact) mass is 654 g/mol. The second-order valence-corrected chi connectivity index (χ2v) is 23.7. The lowest BCUT2D eigenvalue weighted by molar-refractivity contribution is 1.26. The number of fused-ring (bicyclic) bond motifs is 8. The summed E-state index contributed by atoms with van der Waals surface area (Å²) < 4.78 is 0. The second-order valence-electron chi connectivity index (χ2n) is 14.2. The van der Waals surface area contributed by atoms with E-state index in [1.54, 1.807) is 0 Å². The van der Waals surface area contributed by atoms with Gasteiger partial charge in [0.25, 0.3) is 0 Å². The number of aromatic amines is 2. The summed E-state index contributed by atoms with van der Waals surface area (Å²) in [6.07, 6.45) is 8.37. The molecule has 48 heavy (non-hydrogen) atoms. The summed E-state index contributed by atoms with van der Waals surface area (Å²) in [6, 6.07) is 29.5. The van der Waals surface area contributed by atoms with Crippen LogP contribution in [0.1, 0.15) is 33.9 Å². The molecule has 2 aliphatic heterocycles. The number of hydrogen-bond donors (Lipinski definition) is 2. The maximum absolute atomic E-state index is 5.26. The highest BCUT2D eigenvalue weighted by Crippen LogP contribution is 2.34. The standard InChI is InChI=1S/C42H38N4Si2/c1-47(2,3)27-25-31-33-17-21-37(43-33)41(29-13-9-7-10-14-29)39-23-19-35(45-39)32(26-28-48(4,5)6)36-20-24-40(46-36)42(30-15-11-8-12-16-30)38-22-18-34(31)44-38/h7-24,43-44H,1-6H3. The molecule has 0 fully saturated rings. The molecule has 234 valence electrons. The molecule has 0 saturated heterocycles. The van der Waals surface area contributed by atoms with Crippen LogP contribution in [-0.4, -0.2) is 36.1 Å². The smallest absolute Gasteiger partial charge is 0.129 e. The first-order valence-corrected chi connectivity index (χ1v) is 23.4. The van der Waals surface area contributed by atoms with Gasteiger partial charge < -0.3 is 9.97 Å². The van der Waals surface area contributed by atoms with E-state index in [0.29, 0.717) is 0 Å². The van der Waals surface area contributed by atoms with E-state index in [1.165, 1.54) is 0 Å². The van der Waals surface area contributed by atoms with E-state index < -0.39 is 16.1 Å². The van der Waals surface area contributed by atoms with Crippen LogP contribution >= 0.6 is 0 Å². The minimum absolute atomic E-state index is 0.823. The summed E-state index contributed by atoms with van der Waals surface area (Å²) in [7, 11) is -3.39. The summed E-state index contributed by atoms with van der Waals surface area (Å²) in [5.74, 6) is 7.15. The van der Waals surface area contributed by atoms with Crippen LogP contribution in [0, 0.1) is 22.9 Å². The third kappa shape index (κ3) is 6.55.